The van der Waals surface area contributed by atoms with Gasteiger partial charge in [-0.2, -0.15) is 0 Å². The molecule has 0 unspecified atom stereocenters. The van der Waals surface area contributed by atoms with E-state index in [2.05, 4.69) is 10.3 Å². The molecule has 1 aliphatic rings. The van der Waals surface area contributed by atoms with E-state index in [0.29, 0.717) is 10.0 Å². The van der Waals surface area contributed by atoms with Crippen molar-refractivity contribution in [2.24, 2.45) is 0 Å². The van der Waals surface area contributed by atoms with E-state index < -0.39 is 0 Å². The number of hydrogen-bond donors (Lipinski definition) is 1. The molecule has 0 atom stereocenters. The van der Waals surface area contributed by atoms with Crippen LogP contribution in [0, 0.1) is 0 Å². The Balaban J connectivity index is 1.82. The highest BCUT2D eigenvalue weighted by molar-refractivity contribution is 6.42. The summed E-state index contributed by atoms with van der Waals surface area (Å²) in [6.07, 6.45) is 0. The molecular formula is C13H16Cl3N3O. The van der Waals surface area contributed by atoms with Crippen molar-refractivity contribution in [2.75, 3.05) is 32.1 Å². The van der Waals surface area contributed by atoms with Crippen LogP contribution in [0.5, 0.6) is 0 Å². The highest BCUT2D eigenvalue weighted by Crippen LogP contribution is 2.23. The normalized spacial score (nSPS) is 17.1. The number of rotatable bonds is 4. The Morgan fingerprint density at radius 3 is 2.45 bits per heavy atom. The van der Waals surface area contributed by atoms with Gasteiger partial charge >= 0.3 is 0 Å². The van der Waals surface area contributed by atoms with Crippen LogP contribution in [0.3, 0.4) is 0 Å². The second-order valence-corrected chi connectivity index (χ2v) is 5.76. The zero-order chi connectivity index (χ0) is 14.5. The lowest BCUT2D eigenvalue weighted by molar-refractivity contribution is -0.124. The fourth-order valence-corrected chi connectivity index (χ4v) is 2.50. The van der Waals surface area contributed by atoms with E-state index in [9.17, 15) is 4.79 Å². The minimum atomic E-state index is -0.162. The summed E-state index contributed by atoms with van der Waals surface area (Å²) in [5.41, 5.74) is 3.90. The summed E-state index contributed by atoms with van der Waals surface area (Å²) < 4.78 is 0. The number of nitrogens with one attached hydrogen (secondary N) is 1. The molecule has 2 rings (SSSR count). The standard InChI is InChI=1S/C13H16Cl3N3O/c14-8-13(20)17-19-5-3-18(4-6-19)9-10-1-2-11(15)12(16)7-10/h1-2,7H,3-6,8-9H2,(H,17,20). The van der Waals surface area contributed by atoms with Gasteiger partial charge in [0.2, 0.25) is 5.91 Å². The van der Waals surface area contributed by atoms with E-state index in [1.54, 1.807) is 0 Å². The van der Waals surface area contributed by atoms with Gasteiger partial charge in [0, 0.05) is 32.7 Å². The van der Waals surface area contributed by atoms with Crippen LogP contribution in [0.25, 0.3) is 0 Å². The molecule has 1 fully saturated rings. The third-order valence-electron chi connectivity index (χ3n) is 3.17. The topological polar surface area (TPSA) is 35.6 Å². The Labute approximate surface area is 133 Å². The average molecular weight is 337 g/mol. The van der Waals surface area contributed by atoms with Crippen LogP contribution in [-0.4, -0.2) is 47.9 Å². The number of carbonyl (C=O) groups excluding carboxylic acids is 1. The minimum absolute atomic E-state index is 0.0104. The highest BCUT2D eigenvalue weighted by atomic mass is 35.5. The Morgan fingerprint density at radius 1 is 1.15 bits per heavy atom. The van der Waals surface area contributed by atoms with Crippen molar-refractivity contribution in [1.82, 2.24) is 15.3 Å². The molecule has 0 aromatic heterocycles. The minimum Gasteiger partial charge on any atom is -0.296 e. The molecule has 0 radical (unpaired) electrons. The summed E-state index contributed by atoms with van der Waals surface area (Å²) in [6, 6.07) is 5.69. The molecule has 1 N–H and O–H groups in total. The van der Waals surface area contributed by atoms with Gasteiger partial charge in [0.25, 0.3) is 0 Å². The molecule has 0 aliphatic carbocycles. The van der Waals surface area contributed by atoms with Crippen LogP contribution in [-0.2, 0) is 11.3 Å². The molecule has 110 valence electrons. The number of nitrogens with zero attached hydrogens (tertiary/aromatic N) is 2. The van der Waals surface area contributed by atoms with Crippen molar-refractivity contribution in [3.05, 3.63) is 33.8 Å². The molecule has 1 aliphatic heterocycles. The quantitative estimate of drug-likeness (QED) is 0.858. The van der Waals surface area contributed by atoms with Crippen molar-refractivity contribution in [3.63, 3.8) is 0 Å². The molecule has 0 spiro atoms. The number of benzene rings is 1. The number of halogens is 3. The third kappa shape index (κ3) is 4.50. The predicted octanol–water partition coefficient (Wildman–Crippen LogP) is 2.38. The first-order chi connectivity index (χ1) is 9.58. The largest absolute Gasteiger partial charge is 0.296 e. The van der Waals surface area contributed by atoms with Crippen LogP contribution in [0.15, 0.2) is 18.2 Å². The number of carbonyl (C=O) groups is 1. The molecule has 1 aromatic rings. The zero-order valence-corrected chi connectivity index (χ0v) is 13.2. The number of hydrogen-bond acceptors (Lipinski definition) is 3. The fourth-order valence-electron chi connectivity index (χ4n) is 2.12. The lowest BCUT2D eigenvalue weighted by Gasteiger charge is -2.34. The molecule has 20 heavy (non-hydrogen) atoms. The monoisotopic (exact) mass is 335 g/mol. The Morgan fingerprint density at radius 2 is 1.85 bits per heavy atom. The Kier molecular flexibility index (Phi) is 5.93. The maximum atomic E-state index is 11.2. The maximum absolute atomic E-state index is 11.2. The van der Waals surface area contributed by atoms with E-state index in [1.165, 1.54) is 0 Å². The van der Waals surface area contributed by atoms with Gasteiger partial charge in [0.05, 0.1) is 10.0 Å². The van der Waals surface area contributed by atoms with Crippen molar-refractivity contribution in [3.8, 4) is 0 Å². The van der Waals surface area contributed by atoms with Crippen LogP contribution in [0.4, 0.5) is 0 Å². The lowest BCUT2D eigenvalue weighted by Crippen LogP contribution is -2.53. The molecule has 1 saturated heterocycles. The first-order valence-corrected chi connectivity index (χ1v) is 7.64. The molecule has 4 nitrogen and oxygen atoms in total. The number of piperazine rings is 1. The summed E-state index contributed by atoms with van der Waals surface area (Å²) in [4.78, 5) is 13.5. The Hall–Kier alpha value is -0.520. The number of amides is 1. The van der Waals surface area contributed by atoms with Crippen molar-refractivity contribution >= 4 is 40.7 Å². The average Bonchev–Trinajstić information content (AvgIpc) is 2.45. The lowest BCUT2D eigenvalue weighted by atomic mass is 10.2. The first kappa shape index (κ1) is 15.9. The Bertz CT molecular complexity index is 476. The van der Waals surface area contributed by atoms with Crippen LogP contribution < -0.4 is 5.43 Å². The summed E-state index contributed by atoms with van der Waals surface area (Å²) in [5.74, 6) is -0.173. The van der Waals surface area contributed by atoms with Crippen molar-refractivity contribution < 1.29 is 4.79 Å². The van der Waals surface area contributed by atoms with E-state index in [0.717, 1.165) is 38.3 Å². The van der Waals surface area contributed by atoms with Gasteiger partial charge < -0.3 is 0 Å². The molecule has 7 heteroatoms. The van der Waals surface area contributed by atoms with Crippen molar-refractivity contribution in [1.29, 1.82) is 0 Å². The summed E-state index contributed by atoms with van der Waals surface area (Å²) in [6.45, 7) is 4.15. The summed E-state index contributed by atoms with van der Waals surface area (Å²) in [7, 11) is 0. The SMILES string of the molecule is O=C(CCl)NN1CCN(Cc2ccc(Cl)c(Cl)c2)CC1. The molecule has 1 aromatic carbocycles. The van der Waals surface area contributed by atoms with Crippen molar-refractivity contribution in [2.45, 2.75) is 6.54 Å². The molecule has 1 heterocycles. The second kappa shape index (κ2) is 7.48. The second-order valence-electron chi connectivity index (χ2n) is 4.68. The van der Waals surface area contributed by atoms with Gasteiger partial charge in [-0.1, -0.05) is 29.3 Å². The summed E-state index contributed by atoms with van der Waals surface area (Å²) >= 11 is 17.4. The zero-order valence-electron chi connectivity index (χ0n) is 10.9. The smallest absolute Gasteiger partial charge is 0.249 e. The van der Waals surface area contributed by atoms with E-state index in [-0.39, 0.29) is 11.8 Å². The molecule has 0 bridgehead atoms. The third-order valence-corrected chi connectivity index (χ3v) is 4.15. The predicted molar refractivity (Wildman–Crippen MR) is 82.2 cm³/mol. The molecular weight excluding hydrogens is 321 g/mol. The molecule has 0 saturated carbocycles. The highest BCUT2D eigenvalue weighted by Gasteiger charge is 2.18. The fraction of sp³-hybridized carbons (Fsp3) is 0.462. The van der Waals surface area contributed by atoms with Gasteiger partial charge in [-0.3, -0.25) is 15.1 Å². The van der Waals surface area contributed by atoms with Gasteiger partial charge in [-0.25, -0.2) is 5.01 Å². The number of alkyl halides is 1. The van der Waals surface area contributed by atoms with Gasteiger partial charge in [0.15, 0.2) is 0 Å². The number of hydrazine groups is 1. The van der Waals surface area contributed by atoms with Crippen LogP contribution in [0.2, 0.25) is 10.0 Å². The van der Waals surface area contributed by atoms with Crippen LogP contribution >= 0.6 is 34.8 Å². The first-order valence-electron chi connectivity index (χ1n) is 6.35. The van der Waals surface area contributed by atoms with E-state index in [4.69, 9.17) is 34.8 Å². The van der Waals surface area contributed by atoms with E-state index >= 15 is 0 Å². The van der Waals surface area contributed by atoms with Gasteiger partial charge in [0.1, 0.15) is 5.88 Å². The van der Waals surface area contributed by atoms with Gasteiger partial charge in [-0.05, 0) is 17.7 Å². The maximum Gasteiger partial charge on any atom is 0.249 e. The van der Waals surface area contributed by atoms with Crippen LogP contribution in [0.1, 0.15) is 5.56 Å². The van der Waals surface area contributed by atoms with E-state index in [1.807, 2.05) is 23.2 Å². The van der Waals surface area contributed by atoms with Gasteiger partial charge in [-0.15, -0.1) is 11.6 Å². The summed E-state index contributed by atoms with van der Waals surface area (Å²) in [5, 5.41) is 3.05. The molecule has 1 amide bonds.